The number of carbonyl (C=O) groups excluding carboxylic acids is 1. The molecule has 24 heavy (non-hydrogen) atoms. The molecule has 1 amide bonds. The lowest BCUT2D eigenvalue weighted by molar-refractivity contribution is 0.0725. The molecule has 0 radical (unpaired) electrons. The molecule has 1 aliphatic heterocycles. The Bertz CT molecular complexity index is 877. The molecule has 3 heterocycles. The van der Waals surface area contributed by atoms with Crippen molar-refractivity contribution in [3.8, 4) is 11.3 Å². The molecular formula is C20H21N3O. The normalized spacial score (nSPS) is 15.0. The Morgan fingerprint density at radius 3 is 2.50 bits per heavy atom. The van der Waals surface area contributed by atoms with Gasteiger partial charge in [0.05, 0.1) is 17.0 Å². The maximum Gasteiger partial charge on any atom is 0.257 e. The topological polar surface area (TPSA) is 37.6 Å². The monoisotopic (exact) mass is 319 g/mol. The standard InChI is InChI=1S/C20H21N3O/c1-15-18(16-9-4-2-5-10-16)23-14-8-11-17(19(23)21-15)20(24)22-12-6-3-7-13-22/h2,4-5,8-11,14H,3,6-7,12-13H2,1H3. The number of aryl methyl sites for hydroxylation is 1. The number of carbonyl (C=O) groups is 1. The first-order valence-electron chi connectivity index (χ1n) is 8.58. The fraction of sp³-hybridized carbons (Fsp3) is 0.300. The molecule has 3 aromatic rings. The fourth-order valence-corrected chi connectivity index (χ4v) is 3.56. The van der Waals surface area contributed by atoms with Gasteiger partial charge in [-0.1, -0.05) is 30.3 Å². The van der Waals surface area contributed by atoms with Crippen LogP contribution in [0.4, 0.5) is 0 Å². The van der Waals surface area contributed by atoms with Gasteiger partial charge in [-0.2, -0.15) is 0 Å². The van der Waals surface area contributed by atoms with E-state index in [4.69, 9.17) is 4.98 Å². The summed E-state index contributed by atoms with van der Waals surface area (Å²) in [4.78, 5) is 19.6. The first-order valence-corrected chi connectivity index (χ1v) is 8.58. The van der Waals surface area contributed by atoms with E-state index in [1.807, 2.05) is 52.8 Å². The Morgan fingerprint density at radius 1 is 1.00 bits per heavy atom. The van der Waals surface area contributed by atoms with Crippen LogP contribution in [-0.2, 0) is 0 Å². The Hall–Kier alpha value is -2.62. The second-order valence-electron chi connectivity index (χ2n) is 6.38. The third-order valence-corrected chi connectivity index (χ3v) is 4.75. The lowest BCUT2D eigenvalue weighted by Gasteiger charge is -2.26. The second-order valence-corrected chi connectivity index (χ2v) is 6.38. The average molecular weight is 319 g/mol. The summed E-state index contributed by atoms with van der Waals surface area (Å²) in [5.74, 6) is 0.102. The van der Waals surface area contributed by atoms with Crippen LogP contribution in [-0.4, -0.2) is 33.3 Å². The molecule has 1 aromatic carbocycles. The Labute approximate surface area is 141 Å². The van der Waals surface area contributed by atoms with E-state index in [0.717, 1.165) is 48.5 Å². The number of amides is 1. The van der Waals surface area contributed by atoms with E-state index in [0.29, 0.717) is 5.56 Å². The minimum atomic E-state index is 0.102. The predicted molar refractivity (Wildman–Crippen MR) is 95.1 cm³/mol. The van der Waals surface area contributed by atoms with Crippen molar-refractivity contribution in [2.45, 2.75) is 26.2 Å². The number of fused-ring (bicyclic) bond motifs is 1. The SMILES string of the molecule is Cc1nc2c(C(=O)N3CCCCC3)cccn2c1-c1ccccc1. The van der Waals surface area contributed by atoms with Crippen LogP contribution in [0.15, 0.2) is 48.7 Å². The molecule has 1 aliphatic rings. The van der Waals surface area contributed by atoms with Crippen LogP contribution in [0.2, 0.25) is 0 Å². The number of hydrogen-bond donors (Lipinski definition) is 0. The van der Waals surface area contributed by atoms with Crippen LogP contribution in [0.3, 0.4) is 0 Å². The molecule has 1 saturated heterocycles. The van der Waals surface area contributed by atoms with E-state index < -0.39 is 0 Å². The van der Waals surface area contributed by atoms with Crippen LogP contribution >= 0.6 is 0 Å². The summed E-state index contributed by atoms with van der Waals surface area (Å²) in [7, 11) is 0. The van der Waals surface area contributed by atoms with Gasteiger partial charge < -0.3 is 4.90 Å². The second kappa shape index (κ2) is 6.11. The first kappa shape index (κ1) is 14.9. The van der Waals surface area contributed by atoms with Gasteiger partial charge >= 0.3 is 0 Å². The molecule has 4 nitrogen and oxygen atoms in total. The van der Waals surface area contributed by atoms with E-state index in [2.05, 4.69) is 12.1 Å². The molecule has 0 atom stereocenters. The van der Waals surface area contributed by atoms with Crippen molar-refractivity contribution < 1.29 is 4.79 Å². The number of hydrogen-bond acceptors (Lipinski definition) is 2. The molecule has 4 rings (SSSR count). The van der Waals surface area contributed by atoms with Gasteiger partial charge in [0.15, 0.2) is 0 Å². The maximum absolute atomic E-state index is 12.9. The number of aromatic nitrogens is 2. The number of nitrogens with zero attached hydrogens (tertiary/aromatic N) is 3. The van der Waals surface area contributed by atoms with Crippen LogP contribution in [0.5, 0.6) is 0 Å². The number of rotatable bonds is 2. The minimum absolute atomic E-state index is 0.102. The average Bonchev–Trinajstić information content (AvgIpc) is 2.98. The van der Waals surface area contributed by atoms with Crippen molar-refractivity contribution in [3.05, 3.63) is 59.9 Å². The highest BCUT2D eigenvalue weighted by Crippen LogP contribution is 2.26. The summed E-state index contributed by atoms with van der Waals surface area (Å²) in [6.45, 7) is 3.71. The first-order chi connectivity index (χ1) is 11.8. The number of piperidine rings is 1. The molecule has 0 saturated carbocycles. The largest absolute Gasteiger partial charge is 0.339 e. The van der Waals surface area contributed by atoms with E-state index in [1.165, 1.54) is 6.42 Å². The summed E-state index contributed by atoms with van der Waals surface area (Å²) >= 11 is 0. The predicted octanol–water partition coefficient (Wildman–Crippen LogP) is 3.94. The molecule has 0 aliphatic carbocycles. The molecule has 0 bridgehead atoms. The fourth-order valence-electron chi connectivity index (χ4n) is 3.56. The highest BCUT2D eigenvalue weighted by Gasteiger charge is 2.22. The van der Waals surface area contributed by atoms with Crippen molar-refractivity contribution in [3.63, 3.8) is 0 Å². The zero-order valence-corrected chi connectivity index (χ0v) is 13.9. The van der Waals surface area contributed by atoms with Crippen molar-refractivity contribution in [1.29, 1.82) is 0 Å². The summed E-state index contributed by atoms with van der Waals surface area (Å²) < 4.78 is 2.04. The van der Waals surface area contributed by atoms with Gasteiger partial charge in [-0.3, -0.25) is 9.20 Å². The van der Waals surface area contributed by atoms with Crippen molar-refractivity contribution in [1.82, 2.24) is 14.3 Å². The summed E-state index contributed by atoms with van der Waals surface area (Å²) in [6, 6.07) is 14.1. The Balaban J connectivity index is 1.83. The minimum Gasteiger partial charge on any atom is -0.339 e. The van der Waals surface area contributed by atoms with Crippen molar-refractivity contribution in [2.24, 2.45) is 0 Å². The Morgan fingerprint density at radius 2 is 1.75 bits per heavy atom. The van der Waals surface area contributed by atoms with E-state index in [-0.39, 0.29) is 5.91 Å². The maximum atomic E-state index is 12.9. The molecule has 1 fully saturated rings. The molecule has 0 spiro atoms. The quantitative estimate of drug-likeness (QED) is 0.717. The van der Waals surface area contributed by atoms with Crippen molar-refractivity contribution >= 4 is 11.6 Å². The molecule has 4 heteroatoms. The van der Waals surface area contributed by atoms with Gasteiger partial charge in [-0.15, -0.1) is 0 Å². The summed E-state index contributed by atoms with van der Waals surface area (Å²) in [5, 5.41) is 0. The highest BCUT2D eigenvalue weighted by atomic mass is 16.2. The van der Waals surface area contributed by atoms with E-state index in [9.17, 15) is 4.79 Å². The molecule has 2 aromatic heterocycles. The number of imidazole rings is 1. The zero-order valence-electron chi connectivity index (χ0n) is 13.9. The van der Waals surface area contributed by atoms with Crippen LogP contribution < -0.4 is 0 Å². The third-order valence-electron chi connectivity index (χ3n) is 4.75. The Kier molecular flexibility index (Phi) is 3.81. The molecule has 0 unspecified atom stereocenters. The van der Waals surface area contributed by atoms with Gasteiger partial charge in [0.1, 0.15) is 5.65 Å². The number of pyridine rings is 1. The van der Waals surface area contributed by atoms with Crippen LogP contribution in [0, 0.1) is 6.92 Å². The van der Waals surface area contributed by atoms with Gasteiger partial charge in [-0.05, 0) is 38.3 Å². The zero-order chi connectivity index (χ0) is 16.5. The molecular weight excluding hydrogens is 298 g/mol. The summed E-state index contributed by atoms with van der Waals surface area (Å²) in [5.41, 5.74) is 4.57. The van der Waals surface area contributed by atoms with E-state index in [1.54, 1.807) is 0 Å². The van der Waals surface area contributed by atoms with Gasteiger partial charge in [-0.25, -0.2) is 4.98 Å². The van der Waals surface area contributed by atoms with Crippen LogP contribution in [0.25, 0.3) is 16.9 Å². The highest BCUT2D eigenvalue weighted by molar-refractivity contribution is 6.00. The number of benzene rings is 1. The smallest absolute Gasteiger partial charge is 0.257 e. The van der Waals surface area contributed by atoms with Gasteiger partial charge in [0.2, 0.25) is 0 Å². The van der Waals surface area contributed by atoms with Crippen LogP contribution in [0.1, 0.15) is 35.3 Å². The van der Waals surface area contributed by atoms with E-state index >= 15 is 0 Å². The van der Waals surface area contributed by atoms with Crippen molar-refractivity contribution in [2.75, 3.05) is 13.1 Å². The van der Waals surface area contributed by atoms with Gasteiger partial charge in [0.25, 0.3) is 5.91 Å². The molecule has 122 valence electrons. The number of likely N-dealkylation sites (tertiary alicyclic amines) is 1. The molecule has 0 N–H and O–H groups in total. The summed E-state index contributed by atoms with van der Waals surface area (Å²) in [6.07, 6.45) is 5.40. The lowest BCUT2D eigenvalue weighted by atomic mass is 10.1. The lowest BCUT2D eigenvalue weighted by Crippen LogP contribution is -2.35. The van der Waals surface area contributed by atoms with Gasteiger partial charge in [0, 0.05) is 24.8 Å². The third kappa shape index (κ3) is 2.48.